The van der Waals surface area contributed by atoms with Gasteiger partial charge in [-0.15, -0.1) is 0 Å². The van der Waals surface area contributed by atoms with Crippen molar-refractivity contribution in [2.45, 2.75) is 33.2 Å². The average Bonchev–Trinajstić information content (AvgIpc) is 2.34. The molecule has 0 aliphatic rings. The van der Waals surface area contributed by atoms with Crippen LogP contribution in [0.4, 0.5) is 4.39 Å². The molecule has 2 amide bonds. The van der Waals surface area contributed by atoms with Gasteiger partial charge in [-0.2, -0.15) is 0 Å². The third kappa shape index (κ3) is 4.19. The van der Waals surface area contributed by atoms with Crippen molar-refractivity contribution in [3.05, 3.63) is 47.8 Å². The number of benzene rings is 1. The molecule has 5 heteroatoms. The van der Waals surface area contributed by atoms with Gasteiger partial charge in [0.2, 0.25) is 0 Å². The van der Waals surface area contributed by atoms with Crippen LogP contribution in [-0.4, -0.2) is 22.4 Å². The van der Waals surface area contributed by atoms with Gasteiger partial charge >= 0.3 is 0 Å². The number of hydrazine groups is 1. The Morgan fingerprint density at radius 3 is 2.45 bits per heavy atom. The Bertz CT molecular complexity index is 533. The Hall–Kier alpha value is -2.17. The summed E-state index contributed by atoms with van der Waals surface area (Å²) in [7, 11) is 0. The van der Waals surface area contributed by atoms with Crippen molar-refractivity contribution in [1.82, 2.24) is 10.4 Å². The lowest BCUT2D eigenvalue weighted by Crippen LogP contribution is -2.55. The minimum absolute atomic E-state index is 0.160. The molecule has 0 spiro atoms. The Kier molecular flexibility index (Phi) is 5.02. The number of hydrogen-bond donors (Lipinski definition) is 1. The summed E-state index contributed by atoms with van der Waals surface area (Å²) in [6.07, 6.45) is 2.95. The molecule has 1 N–H and O–H groups in total. The summed E-state index contributed by atoms with van der Waals surface area (Å²) in [5, 5.41) is 1.22. The van der Waals surface area contributed by atoms with Crippen LogP contribution in [0, 0.1) is 5.82 Å². The minimum Gasteiger partial charge on any atom is -0.268 e. The molecule has 0 saturated carbocycles. The second-order valence-electron chi connectivity index (χ2n) is 5.30. The maximum atomic E-state index is 13.1. The van der Waals surface area contributed by atoms with Crippen LogP contribution in [-0.2, 0) is 4.79 Å². The van der Waals surface area contributed by atoms with Gasteiger partial charge in [0.15, 0.2) is 0 Å². The predicted octanol–water partition coefficient (Wildman–Crippen LogP) is 2.67. The molecule has 0 radical (unpaired) electrons. The predicted molar refractivity (Wildman–Crippen MR) is 75.3 cm³/mol. The maximum absolute atomic E-state index is 13.1. The second kappa shape index (κ2) is 6.32. The normalized spacial score (nSPS) is 11.4. The van der Waals surface area contributed by atoms with Crippen LogP contribution in [0.5, 0.6) is 0 Å². The zero-order chi connectivity index (χ0) is 15.3. The number of rotatable bonds is 2. The molecule has 0 aromatic heterocycles. The molecule has 0 heterocycles. The molecule has 0 unspecified atom stereocenters. The van der Waals surface area contributed by atoms with Gasteiger partial charge in [-0.25, -0.2) is 9.40 Å². The van der Waals surface area contributed by atoms with Gasteiger partial charge in [-0.3, -0.25) is 15.0 Å². The summed E-state index contributed by atoms with van der Waals surface area (Å²) in [5.41, 5.74) is 2.07. The molecule has 20 heavy (non-hydrogen) atoms. The second-order valence-corrected chi connectivity index (χ2v) is 5.30. The zero-order valence-electron chi connectivity index (χ0n) is 12.1. The largest absolute Gasteiger partial charge is 0.270 e. The molecule has 0 aliphatic heterocycles. The Balaban J connectivity index is 2.96. The van der Waals surface area contributed by atoms with Gasteiger partial charge in [0.1, 0.15) is 5.82 Å². The van der Waals surface area contributed by atoms with Crippen LogP contribution in [0.3, 0.4) is 0 Å². The van der Waals surface area contributed by atoms with Gasteiger partial charge in [0, 0.05) is 11.6 Å². The summed E-state index contributed by atoms with van der Waals surface area (Å²) in [4.78, 5) is 24.0. The first kappa shape index (κ1) is 15.9. The fourth-order valence-corrected chi connectivity index (χ4v) is 1.57. The van der Waals surface area contributed by atoms with Crippen molar-refractivity contribution in [3.8, 4) is 0 Å². The minimum atomic E-state index is -0.598. The fourth-order valence-electron chi connectivity index (χ4n) is 1.57. The van der Waals surface area contributed by atoms with Crippen molar-refractivity contribution in [1.29, 1.82) is 0 Å². The number of amides is 2. The third-order valence-electron chi connectivity index (χ3n) is 2.50. The summed E-state index contributed by atoms with van der Waals surface area (Å²) in [6.45, 7) is 7.09. The third-order valence-corrected chi connectivity index (χ3v) is 2.50. The Morgan fingerprint density at radius 1 is 1.30 bits per heavy atom. The van der Waals surface area contributed by atoms with E-state index in [9.17, 15) is 14.0 Å². The lowest BCUT2D eigenvalue weighted by Gasteiger charge is -2.34. The van der Waals surface area contributed by atoms with Crippen molar-refractivity contribution in [2.24, 2.45) is 0 Å². The number of allylic oxidation sites excluding steroid dienone is 1. The van der Waals surface area contributed by atoms with Crippen LogP contribution < -0.4 is 5.43 Å². The molecule has 1 aromatic carbocycles. The Morgan fingerprint density at radius 2 is 1.95 bits per heavy atom. The van der Waals surface area contributed by atoms with Gasteiger partial charge < -0.3 is 0 Å². The molecule has 0 atom stereocenters. The van der Waals surface area contributed by atoms with Crippen molar-refractivity contribution in [3.63, 3.8) is 0 Å². The number of hydrogen-bond acceptors (Lipinski definition) is 2. The van der Waals surface area contributed by atoms with Crippen LogP contribution in [0.15, 0.2) is 36.4 Å². The molecule has 1 aromatic rings. The van der Waals surface area contributed by atoms with E-state index >= 15 is 0 Å². The van der Waals surface area contributed by atoms with E-state index in [0.29, 0.717) is 0 Å². The molecule has 1 rings (SSSR count). The van der Waals surface area contributed by atoms with Crippen LogP contribution in [0.1, 0.15) is 38.1 Å². The highest BCUT2D eigenvalue weighted by atomic mass is 19.1. The quantitative estimate of drug-likeness (QED) is 0.668. The number of halogens is 1. The summed E-state index contributed by atoms with van der Waals surface area (Å²) in [6, 6.07) is 5.30. The Labute approximate surface area is 118 Å². The molecule has 108 valence electrons. The van der Waals surface area contributed by atoms with E-state index in [1.165, 1.54) is 29.3 Å². The van der Waals surface area contributed by atoms with Crippen molar-refractivity contribution >= 4 is 11.8 Å². The van der Waals surface area contributed by atoms with Crippen molar-refractivity contribution in [2.75, 3.05) is 0 Å². The van der Waals surface area contributed by atoms with Crippen molar-refractivity contribution < 1.29 is 14.0 Å². The van der Waals surface area contributed by atoms with Gasteiger partial charge in [-0.1, -0.05) is 12.1 Å². The molecule has 0 aliphatic carbocycles. The lowest BCUT2D eigenvalue weighted by atomic mass is 10.1. The van der Waals surface area contributed by atoms with Crippen LogP contribution >= 0.6 is 0 Å². The summed E-state index contributed by atoms with van der Waals surface area (Å²) in [5.74, 6) is -1.37. The first-order valence-corrected chi connectivity index (χ1v) is 6.29. The smallest absolute Gasteiger partial charge is 0.268 e. The lowest BCUT2D eigenvalue weighted by molar-refractivity contribution is -0.133. The number of nitrogens with zero attached hydrogens (tertiary/aromatic N) is 1. The van der Waals surface area contributed by atoms with E-state index in [2.05, 4.69) is 5.43 Å². The van der Waals surface area contributed by atoms with E-state index in [-0.39, 0.29) is 11.5 Å². The summed E-state index contributed by atoms with van der Waals surface area (Å²) < 4.78 is 13.1. The monoisotopic (exact) mass is 278 g/mol. The highest BCUT2D eigenvalue weighted by Crippen LogP contribution is 2.12. The molecule has 4 nitrogen and oxygen atoms in total. The van der Waals surface area contributed by atoms with Crippen LogP contribution in [0.25, 0.3) is 0 Å². The van der Waals surface area contributed by atoms with E-state index in [1.807, 2.05) is 0 Å². The molecule has 0 bridgehead atoms. The van der Waals surface area contributed by atoms with Gasteiger partial charge in [-0.05, 0) is 45.9 Å². The fraction of sp³-hybridized carbons (Fsp3) is 0.333. The first-order chi connectivity index (χ1) is 9.25. The van der Waals surface area contributed by atoms with E-state index in [4.69, 9.17) is 0 Å². The highest BCUT2D eigenvalue weighted by molar-refractivity contribution is 5.97. The van der Waals surface area contributed by atoms with Gasteiger partial charge in [0.05, 0.1) is 5.54 Å². The number of carbonyl (C=O) groups is 2. The SMILES string of the molecule is C/C=C/C(=O)N(NC(=O)c1cccc(F)c1)C(C)(C)C. The molecule has 0 fully saturated rings. The highest BCUT2D eigenvalue weighted by Gasteiger charge is 2.27. The maximum Gasteiger partial charge on any atom is 0.270 e. The summed E-state index contributed by atoms with van der Waals surface area (Å²) >= 11 is 0. The average molecular weight is 278 g/mol. The topological polar surface area (TPSA) is 49.4 Å². The van der Waals surface area contributed by atoms with E-state index in [1.54, 1.807) is 33.8 Å². The van der Waals surface area contributed by atoms with E-state index in [0.717, 1.165) is 6.07 Å². The molecular formula is C15H19FN2O2. The van der Waals surface area contributed by atoms with Crippen LogP contribution in [0.2, 0.25) is 0 Å². The molecule has 0 saturated heterocycles. The molecular weight excluding hydrogens is 259 g/mol. The zero-order valence-corrected chi connectivity index (χ0v) is 12.1. The van der Waals surface area contributed by atoms with E-state index < -0.39 is 17.3 Å². The number of nitrogens with one attached hydrogen (secondary N) is 1. The standard InChI is InChI=1S/C15H19FN2O2/c1-5-7-13(19)18(15(2,3)4)17-14(20)11-8-6-9-12(16)10-11/h5-10H,1-4H3,(H,17,20)/b7-5+. The first-order valence-electron chi connectivity index (χ1n) is 6.29. The number of carbonyl (C=O) groups excluding carboxylic acids is 2. The van der Waals surface area contributed by atoms with Gasteiger partial charge in [0.25, 0.3) is 11.8 Å².